The number of ether oxygens (including phenoxy) is 4. The SMILES string of the molecule is CCCCCCN(CCCCCC)/N=C/c1c2c(O)c3c(O)c(C)c4c(c3c1O)C(=O)[C@@](C)(O/C=C/[C@H](OC)[C@@H](C)[C@@H](OC(C)=O)[C@H](C)[C@H](O)[C@H](C)[C@@H](O)[C@@H](C)/C=C/C=C(\C)C(=O)N2)O4. The fourth-order valence-corrected chi connectivity index (χ4v) is 8.68. The molecule has 3 aliphatic heterocycles. The lowest BCUT2D eigenvalue weighted by Crippen LogP contribution is -2.46. The van der Waals surface area contributed by atoms with E-state index >= 15 is 0 Å². The van der Waals surface area contributed by atoms with E-state index in [1.165, 1.54) is 52.5 Å². The first kappa shape index (κ1) is 52.5. The van der Waals surface area contributed by atoms with E-state index in [0.717, 1.165) is 51.4 Å². The predicted octanol–water partition coefficient (Wildman–Crippen LogP) is 8.55. The van der Waals surface area contributed by atoms with Gasteiger partial charge in [0.15, 0.2) is 5.75 Å². The highest BCUT2D eigenvalue weighted by atomic mass is 16.7. The molecule has 65 heavy (non-hydrogen) atoms. The number of benzene rings is 2. The molecule has 360 valence electrons. The van der Waals surface area contributed by atoms with Crippen LogP contribution in [0.4, 0.5) is 5.69 Å². The number of unbranched alkanes of at least 4 members (excludes halogenated alkanes) is 6. The third-order valence-electron chi connectivity index (χ3n) is 12.9. The number of fused-ring (bicyclic) bond motifs is 14. The molecule has 15 heteroatoms. The number of aliphatic hydroxyl groups is 2. The van der Waals surface area contributed by atoms with Gasteiger partial charge in [0.05, 0.1) is 53.0 Å². The molecule has 0 saturated carbocycles. The molecule has 5 rings (SSSR count). The van der Waals surface area contributed by atoms with Gasteiger partial charge in [0.2, 0.25) is 0 Å². The minimum atomic E-state index is -2.05. The van der Waals surface area contributed by atoms with Crippen molar-refractivity contribution in [3.8, 4) is 23.0 Å². The number of carbonyl (C=O) groups is 3. The zero-order chi connectivity index (χ0) is 48.3. The lowest BCUT2D eigenvalue weighted by molar-refractivity contribution is -0.160. The Morgan fingerprint density at radius 1 is 0.877 bits per heavy atom. The lowest BCUT2D eigenvalue weighted by atomic mass is 9.78. The van der Waals surface area contributed by atoms with Crippen molar-refractivity contribution in [2.24, 2.45) is 28.8 Å². The smallest absolute Gasteiger partial charge is 0.312 e. The summed E-state index contributed by atoms with van der Waals surface area (Å²) in [6.45, 7) is 18.1. The van der Waals surface area contributed by atoms with Gasteiger partial charge in [-0.1, -0.05) is 98.3 Å². The Bertz CT molecular complexity index is 2120. The maximum atomic E-state index is 14.6. The van der Waals surface area contributed by atoms with Crippen molar-refractivity contribution in [2.75, 3.05) is 25.5 Å². The number of carbonyl (C=O) groups excluding carboxylic acids is 3. The van der Waals surface area contributed by atoms with Gasteiger partial charge < -0.3 is 49.8 Å². The van der Waals surface area contributed by atoms with E-state index in [-0.39, 0.29) is 44.5 Å². The number of aromatic hydroxyl groups is 3. The van der Waals surface area contributed by atoms with E-state index in [0.29, 0.717) is 13.1 Å². The highest BCUT2D eigenvalue weighted by Gasteiger charge is 2.50. The molecule has 3 aliphatic rings. The Labute approximate surface area is 384 Å². The molecule has 0 saturated heterocycles. The number of hydrogen-bond donors (Lipinski definition) is 6. The standard InChI is InChI=1S/C50H73N3O12/c1-12-14-16-18-24-53(25-19-17-15-13-2)51-27-35-40-45(59)38-37(44(35)58)39-47(33(8)43(38)57)65-50(10,48(39)60)63-26-23-36(62-11)30(5)46(64-34(9)54)32(7)42(56)31(6)41(55)28(3)21-20-22-29(4)49(61)52-40/h20-23,26-28,30-32,36,41-42,46,55-59H,12-19,24-25H2,1-11H3,(H,52,61)/b21-20+,26-23+,29-22+,51-27+/t28-,30+,31+,32+,36-,41-,42+,46+,50-/m0/s1. The Hall–Kier alpha value is -5.12. The molecule has 0 spiro atoms. The molecule has 9 atom stereocenters. The van der Waals surface area contributed by atoms with Crippen LogP contribution in [-0.2, 0) is 23.8 Å². The summed E-state index contributed by atoms with van der Waals surface area (Å²) in [6.07, 6.45) is 13.0. The average molecular weight is 908 g/mol. The van der Waals surface area contributed by atoms with E-state index in [9.17, 15) is 39.9 Å². The van der Waals surface area contributed by atoms with E-state index in [4.69, 9.17) is 24.0 Å². The molecule has 3 heterocycles. The highest BCUT2D eigenvalue weighted by molar-refractivity contribution is 6.23. The molecule has 2 aromatic carbocycles. The van der Waals surface area contributed by atoms with Gasteiger partial charge in [-0.2, -0.15) is 5.10 Å². The van der Waals surface area contributed by atoms with Gasteiger partial charge >= 0.3 is 11.8 Å². The Kier molecular flexibility index (Phi) is 18.9. The normalized spacial score (nSPS) is 28.4. The van der Waals surface area contributed by atoms with Gasteiger partial charge in [-0.3, -0.25) is 19.4 Å². The number of esters is 1. The van der Waals surface area contributed by atoms with Crippen molar-refractivity contribution < 1.29 is 58.9 Å². The number of amides is 1. The van der Waals surface area contributed by atoms with Gasteiger partial charge in [0.25, 0.3) is 11.7 Å². The van der Waals surface area contributed by atoms with Crippen molar-refractivity contribution in [1.29, 1.82) is 0 Å². The van der Waals surface area contributed by atoms with Crippen LogP contribution in [0.25, 0.3) is 10.8 Å². The first-order valence-electron chi connectivity index (χ1n) is 23.1. The topological polar surface area (TPSA) is 217 Å². The third kappa shape index (κ3) is 12.0. The van der Waals surface area contributed by atoms with Crippen molar-refractivity contribution in [1.82, 2.24) is 5.01 Å². The number of allylic oxidation sites excluding steroid dienone is 2. The zero-order valence-corrected chi connectivity index (χ0v) is 40.1. The van der Waals surface area contributed by atoms with E-state index in [1.54, 1.807) is 46.8 Å². The second-order valence-corrected chi connectivity index (χ2v) is 17.9. The van der Waals surface area contributed by atoms with Crippen molar-refractivity contribution >= 4 is 40.3 Å². The Balaban J connectivity index is 1.97. The van der Waals surface area contributed by atoms with Gasteiger partial charge in [-0.15, -0.1) is 0 Å². The number of anilines is 1. The summed E-state index contributed by atoms with van der Waals surface area (Å²) in [5.74, 6) is -8.29. The number of Topliss-reactive ketones (excluding diaryl/α,β-unsaturated/α-hetero) is 1. The number of ketones is 1. The number of methoxy groups -OCH3 is 1. The molecule has 0 aromatic heterocycles. The number of phenols is 3. The molecular weight excluding hydrogens is 835 g/mol. The zero-order valence-electron chi connectivity index (χ0n) is 40.1. The van der Waals surface area contributed by atoms with Crippen LogP contribution in [-0.4, -0.2) is 105 Å². The molecule has 0 unspecified atom stereocenters. The molecule has 2 aromatic rings. The van der Waals surface area contributed by atoms with Crippen molar-refractivity contribution in [2.45, 2.75) is 151 Å². The summed E-state index contributed by atoms with van der Waals surface area (Å²) >= 11 is 0. The summed E-state index contributed by atoms with van der Waals surface area (Å²) in [5.41, 5.74) is -0.286. The van der Waals surface area contributed by atoms with Crippen LogP contribution in [0, 0.1) is 30.6 Å². The highest BCUT2D eigenvalue weighted by Crippen LogP contribution is 2.55. The molecule has 0 radical (unpaired) electrons. The number of nitrogens with one attached hydrogen (secondary N) is 1. The number of hydrazone groups is 1. The fourth-order valence-electron chi connectivity index (χ4n) is 8.68. The van der Waals surface area contributed by atoms with Gasteiger partial charge in [-0.25, -0.2) is 0 Å². The maximum absolute atomic E-state index is 14.6. The molecule has 5 bridgehead atoms. The summed E-state index contributed by atoms with van der Waals surface area (Å²) in [7, 11) is 1.45. The van der Waals surface area contributed by atoms with Crippen LogP contribution in [0.5, 0.6) is 23.0 Å². The maximum Gasteiger partial charge on any atom is 0.312 e. The van der Waals surface area contributed by atoms with Gasteiger partial charge in [-0.05, 0) is 32.8 Å². The fraction of sp³-hybridized carbons (Fsp3) is 0.600. The van der Waals surface area contributed by atoms with Crippen LogP contribution in [0.3, 0.4) is 0 Å². The Morgan fingerprint density at radius 3 is 2.09 bits per heavy atom. The number of rotatable bonds is 14. The largest absolute Gasteiger partial charge is 0.507 e. The quantitative estimate of drug-likeness (QED) is 0.0262. The minimum absolute atomic E-state index is 0.0633. The summed E-state index contributed by atoms with van der Waals surface area (Å²) in [4.78, 5) is 40.9. The third-order valence-corrected chi connectivity index (χ3v) is 12.9. The van der Waals surface area contributed by atoms with E-state index in [2.05, 4.69) is 19.2 Å². The van der Waals surface area contributed by atoms with Crippen LogP contribution in [0.1, 0.15) is 135 Å². The summed E-state index contributed by atoms with van der Waals surface area (Å²) < 4.78 is 23.8. The second-order valence-electron chi connectivity index (χ2n) is 17.9. The number of aliphatic hydroxyl groups excluding tert-OH is 2. The van der Waals surface area contributed by atoms with Crippen LogP contribution in [0.15, 0.2) is 41.2 Å². The second kappa shape index (κ2) is 23.4. The summed E-state index contributed by atoms with van der Waals surface area (Å²) in [6, 6.07) is 0. The first-order chi connectivity index (χ1) is 30.8. The molecular formula is C50H73N3O12. The predicted molar refractivity (Wildman–Crippen MR) is 251 cm³/mol. The minimum Gasteiger partial charge on any atom is -0.507 e. The molecule has 6 N–H and O–H groups in total. The van der Waals surface area contributed by atoms with Gasteiger partial charge in [0.1, 0.15) is 23.4 Å². The number of nitrogens with zero attached hydrogens (tertiary/aromatic N) is 2. The van der Waals surface area contributed by atoms with Crippen molar-refractivity contribution in [3.63, 3.8) is 0 Å². The average Bonchev–Trinajstić information content (AvgIpc) is 3.54. The monoisotopic (exact) mass is 908 g/mol. The lowest BCUT2D eigenvalue weighted by Gasteiger charge is -2.38. The first-order valence-corrected chi connectivity index (χ1v) is 23.1. The summed E-state index contributed by atoms with van der Waals surface area (Å²) in [5, 5.41) is 68.0. The molecule has 15 nitrogen and oxygen atoms in total. The van der Waals surface area contributed by atoms with Crippen LogP contribution in [0.2, 0.25) is 0 Å². The molecule has 0 aliphatic carbocycles. The van der Waals surface area contributed by atoms with Crippen LogP contribution < -0.4 is 10.1 Å². The molecule has 0 fully saturated rings. The number of phenolic OH excluding ortho intramolecular Hbond substituents is 3. The van der Waals surface area contributed by atoms with Gasteiger partial charge in [0, 0.05) is 74.2 Å². The van der Waals surface area contributed by atoms with Crippen LogP contribution >= 0.6 is 0 Å². The van der Waals surface area contributed by atoms with E-state index in [1.807, 2.05) is 5.01 Å². The molecule has 1 amide bonds. The van der Waals surface area contributed by atoms with Crippen molar-refractivity contribution in [3.05, 3.63) is 52.8 Å². The Morgan fingerprint density at radius 2 is 1.51 bits per heavy atom. The number of hydrogen-bond acceptors (Lipinski definition) is 14. The van der Waals surface area contributed by atoms with E-state index < -0.39 is 88.8 Å².